The Bertz CT molecular complexity index is 344. The molecule has 0 radical (unpaired) electrons. The van der Waals surface area contributed by atoms with Gasteiger partial charge in [-0.3, -0.25) is 4.90 Å². The minimum atomic E-state index is -3.10. The van der Waals surface area contributed by atoms with Gasteiger partial charge in [0.1, 0.15) is 0 Å². The molecule has 5 nitrogen and oxygen atoms in total. The monoisotopic (exact) mass is 263 g/mol. The van der Waals surface area contributed by atoms with Crippen LogP contribution in [-0.4, -0.2) is 61.1 Å². The van der Waals surface area contributed by atoms with Crippen LogP contribution < -0.4 is 5.73 Å². The number of nitrogens with two attached hydrogens (primary N) is 1. The molecule has 0 saturated carbocycles. The van der Waals surface area contributed by atoms with Gasteiger partial charge in [0.15, 0.2) is 0 Å². The average Bonchev–Trinajstić information content (AvgIpc) is 2.29. The molecule has 17 heavy (non-hydrogen) atoms. The van der Waals surface area contributed by atoms with E-state index >= 15 is 0 Å². The molecule has 1 saturated heterocycles. The lowest BCUT2D eigenvalue weighted by molar-refractivity contribution is 0.0847. The zero-order chi connectivity index (χ0) is 13.3. The average molecular weight is 263 g/mol. The molecule has 1 heterocycles. The van der Waals surface area contributed by atoms with E-state index < -0.39 is 10.0 Å². The number of nitrogens with zero attached hydrogens (tertiary/aromatic N) is 2. The maximum absolute atomic E-state index is 12.0. The summed E-state index contributed by atoms with van der Waals surface area (Å²) in [5.74, 6) is 0. The van der Waals surface area contributed by atoms with E-state index in [0.717, 1.165) is 13.1 Å². The lowest BCUT2D eigenvalue weighted by Crippen LogP contribution is -2.58. The summed E-state index contributed by atoms with van der Waals surface area (Å²) in [6.07, 6.45) is 0. The van der Waals surface area contributed by atoms with E-state index in [1.807, 2.05) is 0 Å². The molecule has 0 aromatic rings. The van der Waals surface area contributed by atoms with Crippen LogP contribution in [0.5, 0.6) is 0 Å². The van der Waals surface area contributed by atoms with Crippen LogP contribution in [-0.2, 0) is 10.0 Å². The number of hydrogen-bond donors (Lipinski definition) is 1. The van der Waals surface area contributed by atoms with Gasteiger partial charge in [0.25, 0.3) is 0 Å². The van der Waals surface area contributed by atoms with Crippen molar-refractivity contribution in [2.45, 2.75) is 38.5 Å². The number of piperazine rings is 1. The van der Waals surface area contributed by atoms with E-state index in [-0.39, 0.29) is 10.8 Å². The summed E-state index contributed by atoms with van der Waals surface area (Å²) in [4.78, 5) is 2.26. The largest absolute Gasteiger partial charge is 0.329 e. The standard InChI is InChI=1S/C11H25N3O2S/c1-10(2)17(15,16)14-7-5-13(6-8-14)11(3,4)9-12/h10H,5-9,12H2,1-4H3. The zero-order valence-electron chi connectivity index (χ0n) is 11.3. The lowest BCUT2D eigenvalue weighted by atomic mass is 10.0. The van der Waals surface area contributed by atoms with E-state index in [1.165, 1.54) is 0 Å². The third-order valence-electron chi connectivity index (χ3n) is 3.55. The highest BCUT2D eigenvalue weighted by atomic mass is 32.2. The minimum Gasteiger partial charge on any atom is -0.329 e. The zero-order valence-corrected chi connectivity index (χ0v) is 12.1. The predicted molar refractivity (Wildman–Crippen MR) is 70.3 cm³/mol. The molecule has 0 aliphatic carbocycles. The van der Waals surface area contributed by atoms with Gasteiger partial charge in [-0.25, -0.2) is 8.42 Å². The second-order valence-corrected chi connectivity index (χ2v) is 7.99. The van der Waals surface area contributed by atoms with Crippen molar-refractivity contribution in [1.82, 2.24) is 9.21 Å². The maximum atomic E-state index is 12.0. The molecule has 2 N–H and O–H groups in total. The van der Waals surface area contributed by atoms with Gasteiger partial charge < -0.3 is 5.73 Å². The first kappa shape index (κ1) is 14.9. The maximum Gasteiger partial charge on any atom is 0.216 e. The second kappa shape index (κ2) is 5.22. The Morgan fingerprint density at radius 2 is 1.65 bits per heavy atom. The van der Waals surface area contributed by atoms with Crippen LogP contribution >= 0.6 is 0 Å². The first-order chi connectivity index (χ1) is 7.71. The van der Waals surface area contributed by atoms with Crippen LogP contribution in [0.1, 0.15) is 27.7 Å². The molecule has 1 aliphatic rings. The molecule has 0 amide bonds. The van der Waals surface area contributed by atoms with Crippen molar-refractivity contribution in [3.63, 3.8) is 0 Å². The summed E-state index contributed by atoms with van der Waals surface area (Å²) in [5, 5.41) is -0.337. The van der Waals surface area contributed by atoms with Crippen LogP contribution in [0.3, 0.4) is 0 Å². The third-order valence-corrected chi connectivity index (χ3v) is 5.83. The van der Waals surface area contributed by atoms with E-state index in [1.54, 1.807) is 18.2 Å². The summed E-state index contributed by atoms with van der Waals surface area (Å²) < 4.78 is 25.6. The molecule has 0 atom stereocenters. The number of hydrogen-bond acceptors (Lipinski definition) is 4. The van der Waals surface area contributed by atoms with Crippen molar-refractivity contribution in [3.8, 4) is 0 Å². The van der Waals surface area contributed by atoms with Gasteiger partial charge in [-0.1, -0.05) is 0 Å². The molecule has 6 heteroatoms. The van der Waals surface area contributed by atoms with Crippen molar-refractivity contribution in [2.24, 2.45) is 5.73 Å². The highest BCUT2D eigenvalue weighted by molar-refractivity contribution is 7.89. The summed E-state index contributed by atoms with van der Waals surface area (Å²) >= 11 is 0. The van der Waals surface area contributed by atoms with E-state index in [4.69, 9.17) is 5.73 Å². The normalized spacial score (nSPS) is 21.1. The van der Waals surface area contributed by atoms with Gasteiger partial charge in [-0.15, -0.1) is 0 Å². The quantitative estimate of drug-likeness (QED) is 0.780. The first-order valence-corrected chi connectivity index (χ1v) is 7.66. The highest BCUT2D eigenvalue weighted by Crippen LogP contribution is 2.18. The molecule has 1 fully saturated rings. The van der Waals surface area contributed by atoms with Gasteiger partial charge in [0, 0.05) is 38.3 Å². The molecule has 0 bridgehead atoms. The molecule has 102 valence electrons. The van der Waals surface area contributed by atoms with Crippen molar-refractivity contribution in [1.29, 1.82) is 0 Å². The molecule has 0 unspecified atom stereocenters. The SMILES string of the molecule is CC(C)S(=O)(=O)N1CCN(C(C)(C)CN)CC1. The van der Waals surface area contributed by atoms with Crippen LogP contribution in [0, 0.1) is 0 Å². The van der Waals surface area contributed by atoms with Gasteiger partial charge in [-0.05, 0) is 27.7 Å². The van der Waals surface area contributed by atoms with Gasteiger partial charge >= 0.3 is 0 Å². The smallest absolute Gasteiger partial charge is 0.216 e. The molecular formula is C11H25N3O2S. The predicted octanol–water partition coefficient (Wildman–Crippen LogP) is 0.0795. The Kier molecular flexibility index (Phi) is 4.57. The fourth-order valence-corrected chi connectivity index (χ4v) is 3.24. The first-order valence-electron chi connectivity index (χ1n) is 6.16. The fraction of sp³-hybridized carbons (Fsp3) is 1.00. The molecule has 0 aromatic carbocycles. The van der Waals surface area contributed by atoms with Gasteiger partial charge in [0.2, 0.25) is 10.0 Å². The Morgan fingerprint density at radius 1 is 1.18 bits per heavy atom. The third kappa shape index (κ3) is 3.19. The summed E-state index contributed by atoms with van der Waals surface area (Å²) in [6.45, 7) is 10.9. The molecule has 0 spiro atoms. The molecule has 1 rings (SSSR count). The van der Waals surface area contributed by atoms with Crippen LogP contribution in [0.15, 0.2) is 0 Å². The Hall–Kier alpha value is -0.170. The lowest BCUT2D eigenvalue weighted by Gasteiger charge is -2.43. The van der Waals surface area contributed by atoms with Crippen molar-refractivity contribution in [3.05, 3.63) is 0 Å². The number of sulfonamides is 1. The van der Waals surface area contributed by atoms with Crippen molar-refractivity contribution < 1.29 is 8.42 Å². The van der Waals surface area contributed by atoms with E-state index in [0.29, 0.717) is 19.6 Å². The van der Waals surface area contributed by atoms with Gasteiger partial charge in [-0.2, -0.15) is 4.31 Å². The summed E-state index contributed by atoms with van der Waals surface area (Å²) in [7, 11) is -3.10. The Labute approximate surface area is 105 Å². The van der Waals surface area contributed by atoms with E-state index in [2.05, 4.69) is 18.7 Å². The highest BCUT2D eigenvalue weighted by Gasteiger charge is 2.33. The van der Waals surface area contributed by atoms with E-state index in [9.17, 15) is 8.42 Å². The molecule has 1 aliphatic heterocycles. The topological polar surface area (TPSA) is 66.6 Å². The van der Waals surface area contributed by atoms with Crippen LogP contribution in [0.2, 0.25) is 0 Å². The summed E-state index contributed by atoms with van der Waals surface area (Å²) in [5.41, 5.74) is 5.68. The number of rotatable bonds is 4. The molecular weight excluding hydrogens is 238 g/mol. The Balaban J connectivity index is 2.64. The fourth-order valence-electron chi connectivity index (χ4n) is 1.98. The van der Waals surface area contributed by atoms with Crippen molar-refractivity contribution in [2.75, 3.05) is 32.7 Å². The molecule has 0 aromatic heterocycles. The minimum absolute atomic E-state index is 0.0479. The van der Waals surface area contributed by atoms with Crippen LogP contribution in [0.4, 0.5) is 0 Å². The van der Waals surface area contributed by atoms with Gasteiger partial charge in [0.05, 0.1) is 5.25 Å². The second-order valence-electron chi connectivity index (χ2n) is 5.50. The summed E-state index contributed by atoms with van der Waals surface area (Å²) in [6, 6.07) is 0. The Morgan fingerprint density at radius 3 is 2.00 bits per heavy atom. The van der Waals surface area contributed by atoms with Crippen LogP contribution in [0.25, 0.3) is 0 Å². The van der Waals surface area contributed by atoms with Crippen molar-refractivity contribution >= 4 is 10.0 Å².